The smallest absolute Gasteiger partial charge is 0.391 e. The second kappa shape index (κ2) is 5.84. The summed E-state index contributed by atoms with van der Waals surface area (Å²) in [6.45, 7) is 0. The Labute approximate surface area is 121 Å². The predicted molar refractivity (Wildman–Crippen MR) is 73.0 cm³/mol. The van der Waals surface area contributed by atoms with Crippen molar-refractivity contribution in [2.45, 2.75) is 37.4 Å². The lowest BCUT2D eigenvalue weighted by Crippen LogP contribution is -2.43. The Morgan fingerprint density at radius 3 is 2.43 bits per heavy atom. The Balaban J connectivity index is 2.13. The molecule has 3 nitrogen and oxygen atoms in total. The third kappa shape index (κ3) is 3.41. The van der Waals surface area contributed by atoms with E-state index in [0.717, 1.165) is 0 Å². The predicted octanol–water partition coefficient (Wildman–Crippen LogP) is 4.12. The van der Waals surface area contributed by atoms with E-state index >= 15 is 0 Å². The molecule has 0 aliphatic heterocycles. The van der Waals surface area contributed by atoms with Crippen LogP contribution in [0.15, 0.2) is 24.3 Å². The summed E-state index contributed by atoms with van der Waals surface area (Å²) in [6, 6.07) is 9.24. The molecule has 0 radical (unpaired) electrons. The summed E-state index contributed by atoms with van der Waals surface area (Å²) in [5, 5.41) is 12.5. The second-order valence-electron chi connectivity index (χ2n) is 5.34. The Bertz CT molecular complexity index is 528. The largest absolute Gasteiger partial charge is 0.495 e. The summed E-state index contributed by atoms with van der Waals surface area (Å²) >= 11 is 0. The van der Waals surface area contributed by atoms with Crippen LogP contribution in [-0.2, 0) is 0 Å². The van der Waals surface area contributed by atoms with Crippen LogP contribution in [0.4, 0.5) is 18.9 Å². The molecule has 1 aliphatic carbocycles. The molecule has 1 N–H and O–H groups in total. The van der Waals surface area contributed by atoms with Gasteiger partial charge in [0.05, 0.1) is 24.8 Å². The lowest BCUT2D eigenvalue weighted by atomic mass is 9.77. The van der Waals surface area contributed by atoms with E-state index < -0.39 is 17.6 Å². The summed E-state index contributed by atoms with van der Waals surface area (Å²) < 4.78 is 43.4. The first-order chi connectivity index (χ1) is 9.90. The molecule has 1 fully saturated rings. The first kappa shape index (κ1) is 15.5. The SMILES string of the molecule is COc1ccccc1NC1(C#N)CCC(C(F)(F)F)CC1. The van der Waals surface area contributed by atoms with Gasteiger partial charge >= 0.3 is 6.18 Å². The van der Waals surface area contributed by atoms with Crippen LogP contribution in [-0.4, -0.2) is 18.8 Å². The van der Waals surface area contributed by atoms with E-state index in [2.05, 4.69) is 11.4 Å². The Kier molecular flexibility index (Phi) is 4.31. The first-order valence-electron chi connectivity index (χ1n) is 6.79. The highest BCUT2D eigenvalue weighted by Crippen LogP contribution is 2.42. The van der Waals surface area contributed by atoms with Crippen LogP contribution in [0.5, 0.6) is 5.75 Å². The Morgan fingerprint density at radius 2 is 1.90 bits per heavy atom. The average Bonchev–Trinajstić information content (AvgIpc) is 2.47. The summed E-state index contributed by atoms with van der Waals surface area (Å²) in [5.41, 5.74) is -0.330. The second-order valence-corrected chi connectivity index (χ2v) is 5.34. The highest BCUT2D eigenvalue weighted by Gasteiger charge is 2.46. The molecule has 1 aromatic carbocycles. The fourth-order valence-corrected chi connectivity index (χ4v) is 2.71. The maximum absolute atomic E-state index is 12.7. The molecule has 0 heterocycles. The summed E-state index contributed by atoms with van der Waals surface area (Å²) in [7, 11) is 1.51. The topological polar surface area (TPSA) is 45.0 Å². The van der Waals surface area contributed by atoms with Gasteiger partial charge in [-0.2, -0.15) is 18.4 Å². The molecule has 0 saturated heterocycles. The van der Waals surface area contributed by atoms with E-state index in [1.54, 1.807) is 24.3 Å². The van der Waals surface area contributed by atoms with Gasteiger partial charge < -0.3 is 10.1 Å². The zero-order chi connectivity index (χ0) is 15.5. The minimum absolute atomic E-state index is 0.0286. The molecular weight excluding hydrogens is 281 g/mol. The monoisotopic (exact) mass is 298 g/mol. The van der Waals surface area contributed by atoms with Crippen LogP contribution in [0.2, 0.25) is 0 Å². The number of ether oxygens (including phenoxy) is 1. The van der Waals surface area contributed by atoms with E-state index in [1.165, 1.54) is 7.11 Å². The highest BCUT2D eigenvalue weighted by atomic mass is 19.4. The van der Waals surface area contributed by atoms with Crippen LogP contribution in [0.25, 0.3) is 0 Å². The molecule has 0 atom stereocenters. The van der Waals surface area contributed by atoms with Crippen LogP contribution >= 0.6 is 0 Å². The number of nitrogens with one attached hydrogen (secondary N) is 1. The van der Waals surface area contributed by atoms with E-state index in [1.807, 2.05) is 0 Å². The van der Waals surface area contributed by atoms with Gasteiger partial charge in [0.15, 0.2) is 0 Å². The number of methoxy groups -OCH3 is 1. The number of para-hydroxylation sites is 2. The fraction of sp³-hybridized carbons (Fsp3) is 0.533. The van der Waals surface area contributed by atoms with Crippen molar-refractivity contribution in [3.63, 3.8) is 0 Å². The van der Waals surface area contributed by atoms with Gasteiger partial charge in [-0.15, -0.1) is 0 Å². The van der Waals surface area contributed by atoms with Crippen LogP contribution < -0.4 is 10.1 Å². The number of hydrogen-bond donors (Lipinski definition) is 1. The van der Waals surface area contributed by atoms with Gasteiger partial charge in [0, 0.05) is 0 Å². The molecule has 1 aromatic rings. The third-order valence-electron chi connectivity index (χ3n) is 4.00. The van der Waals surface area contributed by atoms with Crippen molar-refractivity contribution < 1.29 is 17.9 Å². The van der Waals surface area contributed by atoms with Gasteiger partial charge in [-0.05, 0) is 37.8 Å². The minimum Gasteiger partial charge on any atom is -0.495 e. The van der Waals surface area contributed by atoms with E-state index in [-0.39, 0.29) is 25.7 Å². The van der Waals surface area contributed by atoms with Crippen molar-refractivity contribution in [2.24, 2.45) is 5.92 Å². The molecular formula is C15H17F3N2O. The lowest BCUT2D eigenvalue weighted by molar-refractivity contribution is -0.183. The fourth-order valence-electron chi connectivity index (χ4n) is 2.71. The molecule has 1 saturated carbocycles. The zero-order valence-corrected chi connectivity index (χ0v) is 11.7. The van der Waals surface area contributed by atoms with Gasteiger partial charge in [0.1, 0.15) is 11.3 Å². The number of nitriles is 1. The minimum atomic E-state index is -4.17. The number of halogens is 3. The van der Waals surface area contributed by atoms with Crippen LogP contribution in [0, 0.1) is 17.2 Å². The number of rotatable bonds is 3. The summed E-state index contributed by atoms with van der Waals surface area (Å²) in [6.07, 6.45) is -3.89. The average molecular weight is 298 g/mol. The summed E-state index contributed by atoms with van der Waals surface area (Å²) in [4.78, 5) is 0. The van der Waals surface area contributed by atoms with Crippen molar-refractivity contribution in [1.29, 1.82) is 5.26 Å². The number of anilines is 1. The van der Waals surface area contributed by atoms with Gasteiger partial charge in [0.25, 0.3) is 0 Å². The van der Waals surface area contributed by atoms with Gasteiger partial charge in [-0.25, -0.2) is 0 Å². The molecule has 1 aliphatic rings. The van der Waals surface area contributed by atoms with Crippen molar-refractivity contribution in [3.05, 3.63) is 24.3 Å². The highest BCUT2D eigenvalue weighted by molar-refractivity contribution is 5.58. The number of nitrogens with zero attached hydrogens (tertiary/aromatic N) is 1. The molecule has 0 aromatic heterocycles. The van der Waals surface area contributed by atoms with E-state index in [4.69, 9.17) is 4.74 Å². The lowest BCUT2D eigenvalue weighted by Gasteiger charge is -2.37. The van der Waals surface area contributed by atoms with Crippen molar-refractivity contribution in [1.82, 2.24) is 0 Å². The molecule has 0 bridgehead atoms. The van der Waals surface area contributed by atoms with Crippen LogP contribution in [0.3, 0.4) is 0 Å². The zero-order valence-electron chi connectivity index (χ0n) is 11.7. The Hall–Kier alpha value is -1.90. The third-order valence-corrected chi connectivity index (χ3v) is 4.00. The maximum Gasteiger partial charge on any atom is 0.391 e. The normalized spacial score (nSPS) is 26.0. The van der Waals surface area contributed by atoms with E-state index in [0.29, 0.717) is 11.4 Å². The van der Waals surface area contributed by atoms with Crippen molar-refractivity contribution >= 4 is 5.69 Å². The van der Waals surface area contributed by atoms with Gasteiger partial charge in [0.2, 0.25) is 0 Å². The van der Waals surface area contributed by atoms with Gasteiger partial charge in [-0.1, -0.05) is 12.1 Å². The van der Waals surface area contributed by atoms with Crippen LogP contribution in [0.1, 0.15) is 25.7 Å². The van der Waals surface area contributed by atoms with Crippen molar-refractivity contribution in [2.75, 3.05) is 12.4 Å². The number of benzene rings is 1. The molecule has 0 spiro atoms. The number of alkyl halides is 3. The molecule has 21 heavy (non-hydrogen) atoms. The quantitative estimate of drug-likeness (QED) is 0.913. The Morgan fingerprint density at radius 1 is 1.29 bits per heavy atom. The first-order valence-corrected chi connectivity index (χ1v) is 6.79. The maximum atomic E-state index is 12.7. The standard InChI is InChI=1S/C15H17F3N2O/c1-21-13-5-3-2-4-12(13)20-14(10-19)8-6-11(7-9-14)15(16,17)18/h2-5,11,20H,6-9H2,1H3. The van der Waals surface area contributed by atoms with Gasteiger partial charge in [-0.3, -0.25) is 0 Å². The molecule has 0 unspecified atom stereocenters. The molecule has 2 rings (SSSR count). The molecule has 114 valence electrons. The van der Waals surface area contributed by atoms with Crippen molar-refractivity contribution in [3.8, 4) is 11.8 Å². The molecule has 6 heteroatoms. The van der Waals surface area contributed by atoms with E-state index in [9.17, 15) is 18.4 Å². The summed E-state index contributed by atoms with van der Waals surface area (Å²) in [5.74, 6) is -0.733. The molecule has 0 amide bonds. The number of hydrogen-bond acceptors (Lipinski definition) is 3.